The smallest absolute Gasteiger partial charge is 0.325 e. The molecule has 2 rings (SSSR count). The van der Waals surface area contributed by atoms with E-state index in [-0.39, 0.29) is 11.7 Å². The van der Waals surface area contributed by atoms with Crippen molar-refractivity contribution >= 4 is 45.9 Å². The summed E-state index contributed by atoms with van der Waals surface area (Å²) < 4.78 is 0.684. The number of urea groups is 1. The molecule has 1 aromatic heterocycles. The second kappa shape index (κ2) is 9.38. The van der Waals surface area contributed by atoms with E-state index in [1.54, 1.807) is 0 Å². The SMILES string of the molecule is CCCNc1nnc(SCC(=O)NC(=O)Nc2ccc(C)cc2C)s1. The lowest BCUT2D eigenvalue weighted by atomic mass is 10.1. The average molecular weight is 380 g/mol. The van der Waals surface area contributed by atoms with Gasteiger partial charge in [0.1, 0.15) is 0 Å². The molecule has 0 saturated carbocycles. The second-order valence-corrected chi connectivity index (χ2v) is 7.61. The molecule has 0 aliphatic heterocycles. The number of benzene rings is 1. The zero-order valence-electron chi connectivity index (χ0n) is 14.4. The van der Waals surface area contributed by atoms with Gasteiger partial charge in [0.2, 0.25) is 11.0 Å². The van der Waals surface area contributed by atoms with Gasteiger partial charge in [0.25, 0.3) is 0 Å². The lowest BCUT2D eigenvalue weighted by Crippen LogP contribution is -2.35. The number of nitrogens with one attached hydrogen (secondary N) is 3. The number of thioether (sulfide) groups is 1. The number of carbonyl (C=O) groups is 2. The van der Waals surface area contributed by atoms with Crippen molar-refractivity contribution in [2.24, 2.45) is 0 Å². The first-order chi connectivity index (χ1) is 12.0. The van der Waals surface area contributed by atoms with Gasteiger partial charge in [0.05, 0.1) is 5.75 Å². The van der Waals surface area contributed by atoms with Crippen LogP contribution in [0.3, 0.4) is 0 Å². The zero-order valence-corrected chi connectivity index (χ0v) is 16.0. The maximum absolute atomic E-state index is 11.9. The third kappa shape index (κ3) is 6.35. The molecule has 0 atom stereocenters. The van der Waals surface area contributed by atoms with Crippen molar-refractivity contribution < 1.29 is 9.59 Å². The van der Waals surface area contributed by atoms with Crippen molar-refractivity contribution in [3.05, 3.63) is 29.3 Å². The fourth-order valence-corrected chi connectivity index (χ4v) is 3.55. The molecule has 0 saturated heterocycles. The number of anilines is 2. The molecule has 3 amide bonds. The molecule has 0 aliphatic carbocycles. The molecule has 0 fully saturated rings. The summed E-state index contributed by atoms with van der Waals surface area (Å²) in [4.78, 5) is 23.8. The minimum Gasteiger partial charge on any atom is -0.360 e. The Kier molecular flexibility index (Phi) is 7.20. The van der Waals surface area contributed by atoms with Crippen LogP contribution in [0.1, 0.15) is 24.5 Å². The Hall–Kier alpha value is -2.13. The van der Waals surface area contributed by atoms with E-state index in [1.165, 1.54) is 23.1 Å². The van der Waals surface area contributed by atoms with Gasteiger partial charge in [-0.2, -0.15) is 0 Å². The largest absolute Gasteiger partial charge is 0.360 e. The summed E-state index contributed by atoms with van der Waals surface area (Å²) in [5.41, 5.74) is 2.73. The second-order valence-electron chi connectivity index (χ2n) is 5.41. The van der Waals surface area contributed by atoms with Crippen molar-refractivity contribution in [1.82, 2.24) is 15.5 Å². The molecule has 25 heavy (non-hydrogen) atoms. The van der Waals surface area contributed by atoms with Crippen LogP contribution >= 0.6 is 23.1 Å². The van der Waals surface area contributed by atoms with Crippen LogP contribution in [0.4, 0.5) is 15.6 Å². The van der Waals surface area contributed by atoms with Crippen molar-refractivity contribution in [1.29, 1.82) is 0 Å². The average Bonchev–Trinajstić information content (AvgIpc) is 3.01. The number of nitrogens with zero attached hydrogens (tertiary/aromatic N) is 2. The number of hydrogen-bond donors (Lipinski definition) is 3. The highest BCUT2D eigenvalue weighted by Crippen LogP contribution is 2.25. The van der Waals surface area contributed by atoms with Gasteiger partial charge in [-0.25, -0.2) is 4.79 Å². The summed E-state index contributed by atoms with van der Waals surface area (Å²) in [6, 6.07) is 5.14. The number of aromatic nitrogens is 2. The molecule has 0 radical (unpaired) electrons. The molecule has 1 aromatic carbocycles. The molecule has 0 spiro atoms. The molecule has 0 aliphatic rings. The molecule has 0 unspecified atom stereocenters. The van der Waals surface area contributed by atoms with Gasteiger partial charge >= 0.3 is 6.03 Å². The normalized spacial score (nSPS) is 10.4. The summed E-state index contributed by atoms with van der Waals surface area (Å²) in [5.74, 6) is -0.284. The van der Waals surface area contributed by atoms with Crippen LogP contribution in [-0.4, -0.2) is 34.4 Å². The van der Waals surface area contributed by atoms with E-state index in [9.17, 15) is 9.59 Å². The first-order valence-electron chi connectivity index (χ1n) is 7.86. The van der Waals surface area contributed by atoms with Crippen LogP contribution in [-0.2, 0) is 4.79 Å². The third-order valence-electron chi connectivity index (χ3n) is 3.14. The van der Waals surface area contributed by atoms with Crippen LogP contribution in [0.15, 0.2) is 22.5 Å². The Morgan fingerprint density at radius 2 is 2.04 bits per heavy atom. The lowest BCUT2D eigenvalue weighted by Gasteiger charge is -2.09. The number of amides is 3. The molecular weight excluding hydrogens is 358 g/mol. The summed E-state index contributed by atoms with van der Waals surface area (Å²) in [7, 11) is 0. The number of carbonyl (C=O) groups excluding carboxylic acids is 2. The minimum absolute atomic E-state index is 0.0999. The Labute approximate surface area is 155 Å². The monoisotopic (exact) mass is 379 g/mol. The van der Waals surface area contributed by atoms with Crippen LogP contribution < -0.4 is 16.0 Å². The van der Waals surface area contributed by atoms with Gasteiger partial charge in [-0.3, -0.25) is 10.1 Å². The molecule has 0 bridgehead atoms. The van der Waals surface area contributed by atoms with E-state index in [0.717, 1.165) is 29.2 Å². The molecular formula is C16H21N5O2S2. The highest BCUT2D eigenvalue weighted by molar-refractivity contribution is 8.01. The highest BCUT2D eigenvalue weighted by atomic mass is 32.2. The number of aryl methyl sites for hydroxylation is 2. The minimum atomic E-state index is -0.542. The van der Waals surface area contributed by atoms with Crippen LogP contribution in [0, 0.1) is 13.8 Å². The zero-order chi connectivity index (χ0) is 18.2. The predicted octanol–water partition coefficient (Wildman–Crippen LogP) is 3.42. The van der Waals surface area contributed by atoms with Crippen molar-refractivity contribution in [3.63, 3.8) is 0 Å². The maximum atomic E-state index is 11.9. The molecule has 2 aromatic rings. The Bertz CT molecular complexity index is 748. The van der Waals surface area contributed by atoms with E-state index in [1.807, 2.05) is 32.0 Å². The maximum Gasteiger partial charge on any atom is 0.325 e. The Balaban J connectivity index is 1.77. The first kappa shape index (κ1) is 19.2. The standard InChI is InChI=1S/C16H21N5O2S2/c1-4-7-17-15-20-21-16(25-15)24-9-13(22)19-14(23)18-12-6-5-10(2)8-11(12)3/h5-6,8H,4,7,9H2,1-3H3,(H,17,20)(H2,18,19,22,23). The topological polar surface area (TPSA) is 96.0 Å². The third-order valence-corrected chi connectivity index (χ3v) is 5.16. The van der Waals surface area contributed by atoms with Crippen molar-refractivity contribution in [3.8, 4) is 0 Å². The number of rotatable bonds is 7. The van der Waals surface area contributed by atoms with E-state index in [0.29, 0.717) is 10.0 Å². The summed E-state index contributed by atoms with van der Waals surface area (Å²) >= 11 is 2.64. The van der Waals surface area contributed by atoms with Gasteiger partial charge in [-0.1, -0.05) is 47.7 Å². The van der Waals surface area contributed by atoms with Gasteiger partial charge in [-0.15, -0.1) is 10.2 Å². The van der Waals surface area contributed by atoms with Crippen LogP contribution in [0.5, 0.6) is 0 Å². The summed E-state index contributed by atoms with van der Waals surface area (Å²) in [6.07, 6.45) is 1.00. The quantitative estimate of drug-likeness (QED) is 0.638. The van der Waals surface area contributed by atoms with Gasteiger partial charge in [0, 0.05) is 12.2 Å². The predicted molar refractivity (Wildman–Crippen MR) is 102 cm³/mol. The lowest BCUT2D eigenvalue weighted by molar-refractivity contribution is -0.117. The fourth-order valence-electron chi connectivity index (χ4n) is 1.97. The van der Waals surface area contributed by atoms with Crippen LogP contribution in [0.2, 0.25) is 0 Å². The van der Waals surface area contributed by atoms with Gasteiger partial charge in [0.15, 0.2) is 4.34 Å². The van der Waals surface area contributed by atoms with E-state index in [4.69, 9.17) is 0 Å². The van der Waals surface area contributed by atoms with E-state index < -0.39 is 6.03 Å². The molecule has 1 heterocycles. The molecule has 3 N–H and O–H groups in total. The van der Waals surface area contributed by atoms with Gasteiger partial charge in [-0.05, 0) is 31.9 Å². The number of hydrogen-bond acceptors (Lipinski definition) is 7. The van der Waals surface area contributed by atoms with Crippen molar-refractivity contribution in [2.45, 2.75) is 31.5 Å². The Morgan fingerprint density at radius 3 is 2.76 bits per heavy atom. The molecule has 9 heteroatoms. The van der Waals surface area contributed by atoms with Crippen LogP contribution in [0.25, 0.3) is 0 Å². The molecule has 7 nitrogen and oxygen atoms in total. The Morgan fingerprint density at radius 1 is 1.24 bits per heavy atom. The highest BCUT2D eigenvalue weighted by Gasteiger charge is 2.12. The number of imide groups is 1. The van der Waals surface area contributed by atoms with E-state index in [2.05, 4.69) is 33.1 Å². The van der Waals surface area contributed by atoms with Crippen molar-refractivity contribution in [2.75, 3.05) is 22.9 Å². The van der Waals surface area contributed by atoms with Gasteiger partial charge < -0.3 is 10.6 Å². The molecule has 134 valence electrons. The summed E-state index contributed by atoms with van der Waals surface area (Å²) in [5, 5.41) is 16.8. The van der Waals surface area contributed by atoms with E-state index >= 15 is 0 Å². The summed E-state index contributed by atoms with van der Waals surface area (Å²) in [6.45, 7) is 6.78. The fraction of sp³-hybridized carbons (Fsp3) is 0.375. The first-order valence-corrected chi connectivity index (χ1v) is 9.66.